The molecule has 0 aromatic heterocycles. The van der Waals surface area contributed by atoms with Gasteiger partial charge in [-0.2, -0.15) is 0 Å². The molecule has 1 amide bonds. The number of rotatable bonds is 4. The van der Waals surface area contributed by atoms with Crippen LogP contribution in [-0.4, -0.2) is 51.2 Å². The molecule has 126 valence electrons. The summed E-state index contributed by atoms with van der Waals surface area (Å²) in [5, 5.41) is 3.23. The molecule has 2 aliphatic heterocycles. The van der Waals surface area contributed by atoms with E-state index in [-0.39, 0.29) is 11.8 Å². The number of hydrogen-bond donors (Lipinski definition) is 1. The average molecular weight is 318 g/mol. The summed E-state index contributed by atoms with van der Waals surface area (Å²) in [6.07, 6.45) is 3.03. The number of amides is 1. The summed E-state index contributed by atoms with van der Waals surface area (Å²) in [5.74, 6) is 2.41. The molecule has 5 nitrogen and oxygen atoms in total. The minimum absolute atomic E-state index is 0.0806. The molecular formula is C18H26N2O3. The van der Waals surface area contributed by atoms with Gasteiger partial charge in [0.1, 0.15) is 18.1 Å². The van der Waals surface area contributed by atoms with Crippen molar-refractivity contribution in [3.8, 4) is 11.5 Å². The summed E-state index contributed by atoms with van der Waals surface area (Å²) in [7, 11) is 3.63. The molecule has 1 saturated heterocycles. The van der Waals surface area contributed by atoms with E-state index in [0.29, 0.717) is 12.5 Å². The van der Waals surface area contributed by atoms with E-state index in [1.54, 1.807) is 7.11 Å². The van der Waals surface area contributed by atoms with Crippen LogP contribution in [0.5, 0.6) is 11.5 Å². The Hall–Kier alpha value is -1.75. The van der Waals surface area contributed by atoms with Crippen LogP contribution in [0, 0.1) is 11.8 Å². The topological polar surface area (TPSA) is 50.8 Å². The van der Waals surface area contributed by atoms with Gasteiger partial charge in [-0.15, -0.1) is 0 Å². The molecule has 2 heterocycles. The second-order valence-corrected chi connectivity index (χ2v) is 6.54. The predicted molar refractivity (Wildman–Crippen MR) is 88.9 cm³/mol. The monoisotopic (exact) mass is 318 g/mol. The number of likely N-dealkylation sites (tertiary alicyclic amines) is 1. The number of hydrogen-bond acceptors (Lipinski definition) is 4. The van der Waals surface area contributed by atoms with E-state index < -0.39 is 0 Å². The van der Waals surface area contributed by atoms with Crippen LogP contribution in [0.4, 0.5) is 0 Å². The molecule has 1 aromatic rings. The van der Waals surface area contributed by atoms with Crippen LogP contribution in [0.15, 0.2) is 18.2 Å². The molecular weight excluding hydrogens is 292 g/mol. The van der Waals surface area contributed by atoms with Gasteiger partial charge in [0.05, 0.1) is 13.0 Å². The first-order chi connectivity index (χ1) is 11.2. The Labute approximate surface area is 137 Å². The summed E-state index contributed by atoms with van der Waals surface area (Å²) in [5.41, 5.74) is 1.07. The van der Waals surface area contributed by atoms with Gasteiger partial charge >= 0.3 is 0 Å². The standard InChI is InChI=1S/C18H26N2O3/c1-19-10-13-4-3-7-20(11-13)18(21)15-8-14-9-16(22-2)5-6-17(14)23-12-15/h5-6,9,13,15,19H,3-4,7-8,10-12H2,1-2H3. The van der Waals surface area contributed by atoms with Crippen molar-refractivity contribution in [2.24, 2.45) is 11.8 Å². The highest BCUT2D eigenvalue weighted by Gasteiger charge is 2.32. The molecule has 1 aromatic carbocycles. The summed E-state index contributed by atoms with van der Waals surface area (Å²) < 4.78 is 11.1. The van der Waals surface area contributed by atoms with E-state index in [0.717, 1.165) is 49.5 Å². The molecule has 2 aliphatic rings. The van der Waals surface area contributed by atoms with Crippen LogP contribution in [0.1, 0.15) is 18.4 Å². The van der Waals surface area contributed by atoms with E-state index >= 15 is 0 Å². The number of carbonyl (C=O) groups excluding carboxylic acids is 1. The minimum atomic E-state index is -0.0806. The molecule has 23 heavy (non-hydrogen) atoms. The van der Waals surface area contributed by atoms with Crippen LogP contribution in [0.2, 0.25) is 0 Å². The van der Waals surface area contributed by atoms with Crippen molar-refractivity contribution in [3.63, 3.8) is 0 Å². The largest absolute Gasteiger partial charge is 0.497 e. The molecule has 3 rings (SSSR count). The van der Waals surface area contributed by atoms with Crippen LogP contribution in [0.3, 0.4) is 0 Å². The zero-order valence-electron chi connectivity index (χ0n) is 14.0. The maximum absolute atomic E-state index is 12.9. The minimum Gasteiger partial charge on any atom is -0.497 e. The number of nitrogens with one attached hydrogen (secondary N) is 1. The molecule has 0 saturated carbocycles. The fourth-order valence-electron chi connectivity index (χ4n) is 3.64. The molecule has 2 unspecified atom stereocenters. The van der Waals surface area contributed by atoms with Gasteiger partial charge in [-0.25, -0.2) is 0 Å². The second-order valence-electron chi connectivity index (χ2n) is 6.54. The molecule has 2 atom stereocenters. The number of nitrogens with zero attached hydrogens (tertiary/aromatic N) is 1. The lowest BCUT2D eigenvalue weighted by Crippen LogP contribution is -2.47. The number of benzene rings is 1. The summed E-state index contributed by atoms with van der Waals surface area (Å²) in [6.45, 7) is 3.19. The maximum Gasteiger partial charge on any atom is 0.229 e. The smallest absolute Gasteiger partial charge is 0.229 e. The Morgan fingerprint density at radius 1 is 1.48 bits per heavy atom. The third-order valence-corrected chi connectivity index (χ3v) is 4.85. The van der Waals surface area contributed by atoms with Gasteiger partial charge in [-0.05, 0) is 62.5 Å². The normalized spacial score (nSPS) is 23.8. The quantitative estimate of drug-likeness (QED) is 0.918. The van der Waals surface area contributed by atoms with Gasteiger partial charge in [0.2, 0.25) is 5.91 Å². The predicted octanol–water partition coefficient (Wildman–Crippen LogP) is 1.70. The Kier molecular flexibility index (Phi) is 5.06. The molecule has 0 aliphatic carbocycles. The Bertz CT molecular complexity index is 559. The van der Waals surface area contributed by atoms with Crippen molar-refractivity contribution in [1.82, 2.24) is 10.2 Å². The fraction of sp³-hybridized carbons (Fsp3) is 0.611. The van der Waals surface area contributed by atoms with Crippen molar-refractivity contribution < 1.29 is 14.3 Å². The number of methoxy groups -OCH3 is 1. The first-order valence-corrected chi connectivity index (χ1v) is 8.44. The third kappa shape index (κ3) is 3.61. The van der Waals surface area contributed by atoms with Gasteiger partial charge < -0.3 is 19.7 Å². The van der Waals surface area contributed by atoms with Gasteiger partial charge in [-0.3, -0.25) is 4.79 Å². The highest BCUT2D eigenvalue weighted by Crippen LogP contribution is 2.31. The van der Waals surface area contributed by atoms with Crippen LogP contribution < -0.4 is 14.8 Å². The average Bonchev–Trinajstić information content (AvgIpc) is 2.60. The maximum atomic E-state index is 12.9. The van der Waals surface area contributed by atoms with Crippen molar-refractivity contribution >= 4 is 5.91 Å². The SMILES string of the molecule is CNCC1CCCN(C(=O)C2COc3ccc(OC)cc3C2)C1. The Morgan fingerprint density at radius 3 is 3.13 bits per heavy atom. The first kappa shape index (κ1) is 16.1. The van der Waals surface area contributed by atoms with Crippen LogP contribution >= 0.6 is 0 Å². The van der Waals surface area contributed by atoms with Crippen LogP contribution in [-0.2, 0) is 11.2 Å². The lowest BCUT2D eigenvalue weighted by molar-refractivity contribution is -0.138. The summed E-state index contributed by atoms with van der Waals surface area (Å²) in [4.78, 5) is 14.9. The molecule has 5 heteroatoms. The number of piperidine rings is 1. The van der Waals surface area contributed by atoms with Crippen molar-refractivity contribution in [3.05, 3.63) is 23.8 Å². The number of carbonyl (C=O) groups is 1. The van der Waals surface area contributed by atoms with Crippen molar-refractivity contribution in [2.75, 3.05) is 40.4 Å². The van der Waals surface area contributed by atoms with Gasteiger partial charge in [0, 0.05) is 13.1 Å². The van der Waals surface area contributed by atoms with Gasteiger partial charge in [-0.1, -0.05) is 0 Å². The van der Waals surface area contributed by atoms with E-state index in [2.05, 4.69) is 5.32 Å². The lowest BCUT2D eigenvalue weighted by atomic mass is 9.92. The summed E-state index contributed by atoms with van der Waals surface area (Å²) in [6, 6.07) is 5.81. The van der Waals surface area contributed by atoms with Crippen LogP contribution in [0.25, 0.3) is 0 Å². The van der Waals surface area contributed by atoms with Crippen molar-refractivity contribution in [2.45, 2.75) is 19.3 Å². The molecule has 0 radical (unpaired) electrons. The van der Waals surface area contributed by atoms with E-state index in [9.17, 15) is 4.79 Å². The molecule has 0 spiro atoms. The highest BCUT2D eigenvalue weighted by molar-refractivity contribution is 5.80. The summed E-state index contributed by atoms with van der Waals surface area (Å²) >= 11 is 0. The Balaban J connectivity index is 1.66. The Morgan fingerprint density at radius 2 is 2.35 bits per heavy atom. The van der Waals surface area contributed by atoms with E-state index in [1.807, 2.05) is 30.1 Å². The fourth-order valence-corrected chi connectivity index (χ4v) is 3.64. The van der Waals surface area contributed by atoms with Crippen molar-refractivity contribution in [1.29, 1.82) is 0 Å². The van der Waals surface area contributed by atoms with E-state index in [4.69, 9.17) is 9.47 Å². The zero-order valence-corrected chi connectivity index (χ0v) is 14.0. The third-order valence-electron chi connectivity index (χ3n) is 4.85. The zero-order chi connectivity index (χ0) is 16.2. The lowest BCUT2D eigenvalue weighted by Gasteiger charge is -2.36. The second kappa shape index (κ2) is 7.21. The molecule has 0 bridgehead atoms. The van der Waals surface area contributed by atoms with E-state index in [1.165, 1.54) is 6.42 Å². The molecule has 1 N–H and O–H groups in total. The first-order valence-electron chi connectivity index (χ1n) is 8.44. The van der Waals surface area contributed by atoms with Gasteiger partial charge in [0.15, 0.2) is 0 Å². The van der Waals surface area contributed by atoms with Gasteiger partial charge in [0.25, 0.3) is 0 Å². The molecule has 1 fully saturated rings. The number of ether oxygens (including phenoxy) is 2. The highest BCUT2D eigenvalue weighted by atomic mass is 16.5. The number of fused-ring (bicyclic) bond motifs is 1.